The predicted octanol–water partition coefficient (Wildman–Crippen LogP) is 3.55. The Balaban J connectivity index is 2.26. The van der Waals surface area contributed by atoms with Gasteiger partial charge in [0.05, 0.1) is 11.3 Å². The minimum atomic E-state index is -2.99. The molecule has 0 saturated carbocycles. The Morgan fingerprint density at radius 1 is 1.19 bits per heavy atom. The van der Waals surface area contributed by atoms with E-state index < -0.39 is 12.5 Å². The Bertz CT molecular complexity index is 659. The summed E-state index contributed by atoms with van der Waals surface area (Å²) in [5, 5.41) is 12.3. The topological polar surface area (TPSA) is 58.6 Å². The van der Waals surface area contributed by atoms with Crippen molar-refractivity contribution in [1.82, 2.24) is 0 Å². The molecule has 2 rings (SSSR count). The summed E-state index contributed by atoms with van der Waals surface area (Å²) in [6, 6.07) is 10.5. The van der Waals surface area contributed by atoms with Gasteiger partial charge >= 0.3 is 6.61 Å². The Kier molecular flexibility index (Phi) is 4.37. The lowest BCUT2D eigenvalue weighted by Gasteiger charge is -2.12. The van der Waals surface area contributed by atoms with Crippen LogP contribution in [0, 0.1) is 6.92 Å². The molecule has 0 bridgehead atoms. The molecule has 1 amide bonds. The van der Waals surface area contributed by atoms with Gasteiger partial charge in [-0.2, -0.15) is 8.78 Å². The highest BCUT2D eigenvalue weighted by Crippen LogP contribution is 2.28. The molecule has 0 aliphatic heterocycles. The van der Waals surface area contributed by atoms with Crippen LogP contribution in [0.5, 0.6) is 11.5 Å². The zero-order chi connectivity index (χ0) is 15.4. The van der Waals surface area contributed by atoms with Crippen LogP contribution in [0.4, 0.5) is 14.5 Å². The second-order valence-electron chi connectivity index (χ2n) is 4.30. The standard InChI is InChI=1S/C15H13F2NO3/c1-9-5-4-6-10(13(9)19)14(20)18-11-7-2-3-8-12(11)21-15(16)17/h2-8,15,19H,1H3,(H,18,20). The van der Waals surface area contributed by atoms with Gasteiger partial charge in [0.2, 0.25) is 0 Å². The quantitative estimate of drug-likeness (QED) is 0.906. The number of rotatable bonds is 4. The number of carbonyl (C=O) groups is 1. The van der Waals surface area contributed by atoms with Crippen molar-refractivity contribution >= 4 is 11.6 Å². The molecule has 2 aromatic rings. The molecule has 0 unspecified atom stereocenters. The van der Waals surface area contributed by atoms with Gasteiger partial charge in [-0.25, -0.2) is 0 Å². The van der Waals surface area contributed by atoms with Crippen LogP contribution in [0.25, 0.3) is 0 Å². The lowest BCUT2D eigenvalue weighted by atomic mass is 10.1. The molecule has 0 heterocycles. The summed E-state index contributed by atoms with van der Waals surface area (Å²) in [5.41, 5.74) is 0.699. The molecular formula is C15H13F2NO3. The average Bonchev–Trinajstić information content (AvgIpc) is 2.43. The number of hydrogen-bond donors (Lipinski definition) is 2. The SMILES string of the molecule is Cc1cccc(C(=O)Nc2ccccc2OC(F)F)c1O. The highest BCUT2D eigenvalue weighted by atomic mass is 19.3. The largest absolute Gasteiger partial charge is 0.507 e. The van der Waals surface area contributed by atoms with E-state index in [1.165, 1.54) is 24.3 Å². The minimum absolute atomic E-state index is 0.0573. The number of alkyl halides is 2. The highest BCUT2D eigenvalue weighted by molar-refractivity contribution is 6.07. The number of halogens is 2. The number of ether oxygens (including phenoxy) is 1. The van der Waals surface area contributed by atoms with E-state index in [4.69, 9.17) is 0 Å². The van der Waals surface area contributed by atoms with Gasteiger partial charge in [0.1, 0.15) is 11.5 Å². The first-order chi connectivity index (χ1) is 9.99. The van der Waals surface area contributed by atoms with Gasteiger partial charge in [-0.1, -0.05) is 24.3 Å². The van der Waals surface area contributed by atoms with Crippen molar-refractivity contribution in [3.8, 4) is 11.5 Å². The van der Waals surface area contributed by atoms with Gasteiger partial charge in [-0.15, -0.1) is 0 Å². The number of phenolic OH excluding ortho intramolecular Hbond substituents is 1. The number of anilines is 1. The molecule has 0 aromatic heterocycles. The molecule has 0 spiro atoms. The van der Waals surface area contributed by atoms with Crippen molar-refractivity contribution in [2.75, 3.05) is 5.32 Å². The van der Waals surface area contributed by atoms with Crippen LogP contribution in [0.2, 0.25) is 0 Å². The van der Waals surface area contributed by atoms with Crippen molar-refractivity contribution in [2.45, 2.75) is 13.5 Å². The Labute approximate surface area is 120 Å². The molecule has 2 aromatic carbocycles. The molecule has 0 saturated heterocycles. The van der Waals surface area contributed by atoms with Gasteiger partial charge in [0, 0.05) is 0 Å². The van der Waals surface area contributed by atoms with Gasteiger partial charge in [0.25, 0.3) is 5.91 Å². The Morgan fingerprint density at radius 2 is 1.90 bits per heavy atom. The number of hydrogen-bond acceptors (Lipinski definition) is 3. The molecule has 110 valence electrons. The van der Waals surface area contributed by atoms with Crippen LogP contribution in [-0.4, -0.2) is 17.6 Å². The van der Waals surface area contributed by atoms with Crippen molar-refractivity contribution in [1.29, 1.82) is 0 Å². The number of amides is 1. The van der Waals surface area contributed by atoms with Crippen LogP contribution in [0.15, 0.2) is 42.5 Å². The first-order valence-corrected chi connectivity index (χ1v) is 6.13. The van der Waals surface area contributed by atoms with Crippen LogP contribution >= 0.6 is 0 Å². The molecule has 0 aliphatic carbocycles. The fourth-order valence-electron chi connectivity index (χ4n) is 1.80. The number of para-hydroxylation sites is 3. The van der Waals surface area contributed by atoms with E-state index in [-0.39, 0.29) is 22.7 Å². The highest BCUT2D eigenvalue weighted by Gasteiger charge is 2.15. The molecule has 21 heavy (non-hydrogen) atoms. The number of nitrogens with one attached hydrogen (secondary N) is 1. The molecule has 2 N–H and O–H groups in total. The Hall–Kier alpha value is -2.63. The maximum absolute atomic E-state index is 12.3. The number of aromatic hydroxyl groups is 1. The van der Waals surface area contributed by atoms with Crippen LogP contribution < -0.4 is 10.1 Å². The van der Waals surface area contributed by atoms with Gasteiger partial charge < -0.3 is 15.2 Å². The van der Waals surface area contributed by atoms with Crippen LogP contribution in [0.3, 0.4) is 0 Å². The molecular weight excluding hydrogens is 280 g/mol. The smallest absolute Gasteiger partial charge is 0.387 e. The summed E-state index contributed by atoms with van der Waals surface area (Å²) in [7, 11) is 0. The monoisotopic (exact) mass is 293 g/mol. The summed E-state index contributed by atoms with van der Waals surface area (Å²) in [5.74, 6) is -0.906. The second-order valence-corrected chi connectivity index (χ2v) is 4.30. The lowest BCUT2D eigenvalue weighted by Crippen LogP contribution is -2.14. The fourth-order valence-corrected chi connectivity index (χ4v) is 1.80. The van der Waals surface area contributed by atoms with Crippen molar-refractivity contribution < 1.29 is 23.4 Å². The van der Waals surface area contributed by atoms with E-state index >= 15 is 0 Å². The zero-order valence-corrected chi connectivity index (χ0v) is 11.1. The summed E-state index contributed by atoms with van der Waals surface area (Å²) < 4.78 is 28.9. The van der Waals surface area contributed by atoms with Crippen molar-refractivity contribution in [3.05, 3.63) is 53.6 Å². The molecule has 0 fully saturated rings. The van der Waals surface area contributed by atoms with E-state index in [1.54, 1.807) is 25.1 Å². The molecule has 6 heteroatoms. The van der Waals surface area contributed by atoms with Gasteiger partial charge in [0.15, 0.2) is 0 Å². The predicted molar refractivity (Wildman–Crippen MR) is 73.9 cm³/mol. The molecule has 0 atom stereocenters. The first-order valence-electron chi connectivity index (χ1n) is 6.13. The van der Waals surface area contributed by atoms with E-state index in [0.29, 0.717) is 5.56 Å². The Morgan fingerprint density at radius 3 is 2.62 bits per heavy atom. The summed E-state index contributed by atoms with van der Waals surface area (Å²) in [6.45, 7) is -1.34. The number of aryl methyl sites for hydroxylation is 1. The molecule has 0 radical (unpaired) electrons. The molecule has 4 nitrogen and oxygen atoms in total. The van der Waals surface area contributed by atoms with Crippen molar-refractivity contribution in [2.24, 2.45) is 0 Å². The first kappa shape index (κ1) is 14.8. The van der Waals surface area contributed by atoms with Crippen LogP contribution in [0.1, 0.15) is 15.9 Å². The third-order valence-corrected chi connectivity index (χ3v) is 2.83. The van der Waals surface area contributed by atoms with Crippen LogP contribution in [-0.2, 0) is 0 Å². The van der Waals surface area contributed by atoms with E-state index in [1.807, 2.05) is 0 Å². The maximum Gasteiger partial charge on any atom is 0.387 e. The fraction of sp³-hybridized carbons (Fsp3) is 0.133. The summed E-state index contributed by atoms with van der Waals surface area (Å²) in [6.07, 6.45) is 0. The number of carbonyl (C=O) groups excluding carboxylic acids is 1. The van der Waals surface area contributed by atoms with E-state index in [0.717, 1.165) is 0 Å². The van der Waals surface area contributed by atoms with Crippen molar-refractivity contribution in [3.63, 3.8) is 0 Å². The summed E-state index contributed by atoms with van der Waals surface area (Å²) >= 11 is 0. The zero-order valence-electron chi connectivity index (χ0n) is 11.1. The average molecular weight is 293 g/mol. The van der Waals surface area contributed by atoms with Gasteiger partial charge in [-0.05, 0) is 30.7 Å². The number of phenols is 1. The second kappa shape index (κ2) is 6.21. The third-order valence-electron chi connectivity index (χ3n) is 2.83. The minimum Gasteiger partial charge on any atom is -0.507 e. The lowest BCUT2D eigenvalue weighted by molar-refractivity contribution is -0.0493. The third kappa shape index (κ3) is 3.47. The van der Waals surface area contributed by atoms with E-state index in [2.05, 4.69) is 10.1 Å². The van der Waals surface area contributed by atoms with E-state index in [9.17, 15) is 18.7 Å². The molecule has 0 aliphatic rings. The van der Waals surface area contributed by atoms with Gasteiger partial charge in [-0.3, -0.25) is 4.79 Å². The number of benzene rings is 2. The normalized spacial score (nSPS) is 10.5. The summed E-state index contributed by atoms with van der Waals surface area (Å²) in [4.78, 5) is 12.1. The maximum atomic E-state index is 12.3.